The maximum absolute atomic E-state index is 12.2. The van der Waals surface area contributed by atoms with Crippen LogP contribution in [0.15, 0.2) is 48.5 Å². The van der Waals surface area contributed by atoms with E-state index in [1.54, 1.807) is 43.5 Å². The molecule has 1 amide bonds. The lowest BCUT2D eigenvalue weighted by molar-refractivity contribution is -0.116. The molecule has 1 N–H and O–H groups in total. The van der Waals surface area contributed by atoms with Gasteiger partial charge in [0.25, 0.3) is 0 Å². The quantitative estimate of drug-likeness (QED) is 0.527. The summed E-state index contributed by atoms with van der Waals surface area (Å²) in [6.07, 6.45) is 0.229. The molecule has 0 unspecified atom stereocenters. The fourth-order valence-electron chi connectivity index (χ4n) is 2.66. The van der Waals surface area contributed by atoms with Crippen LogP contribution in [0.3, 0.4) is 0 Å². The summed E-state index contributed by atoms with van der Waals surface area (Å²) >= 11 is 7.33. The Hall–Kier alpha value is -2.70. The minimum absolute atomic E-state index is 0.0880. The summed E-state index contributed by atoms with van der Waals surface area (Å²) in [5.74, 6) is 0.359. The van der Waals surface area contributed by atoms with Gasteiger partial charge in [-0.1, -0.05) is 23.7 Å². The molecule has 0 saturated heterocycles. The summed E-state index contributed by atoms with van der Waals surface area (Å²) in [5.41, 5.74) is 2.31. The van der Waals surface area contributed by atoms with Crippen LogP contribution in [-0.4, -0.2) is 23.8 Å². The Bertz CT molecular complexity index is 982. The molecule has 0 aliphatic carbocycles. The second kappa shape index (κ2) is 8.99. The summed E-state index contributed by atoms with van der Waals surface area (Å²) in [5, 5.41) is 3.96. The Morgan fingerprint density at radius 3 is 2.39 bits per heavy atom. The summed E-state index contributed by atoms with van der Waals surface area (Å²) < 4.78 is 5.08. The Labute approximate surface area is 172 Å². The van der Waals surface area contributed by atoms with Gasteiger partial charge in [0.1, 0.15) is 5.75 Å². The zero-order chi connectivity index (χ0) is 20.1. The Morgan fingerprint density at radius 2 is 1.75 bits per heavy atom. The Morgan fingerprint density at radius 1 is 1.07 bits per heavy atom. The molecule has 0 spiro atoms. The van der Waals surface area contributed by atoms with Gasteiger partial charge in [-0.3, -0.25) is 9.59 Å². The molecule has 0 fully saturated rings. The highest BCUT2D eigenvalue weighted by molar-refractivity contribution is 7.16. The van der Waals surface area contributed by atoms with Crippen LogP contribution in [0.2, 0.25) is 5.02 Å². The first kappa shape index (κ1) is 20.0. The minimum atomic E-state index is -0.238. The van der Waals surface area contributed by atoms with Crippen molar-refractivity contribution in [1.29, 1.82) is 0 Å². The summed E-state index contributed by atoms with van der Waals surface area (Å²) in [7, 11) is 1.57. The van der Waals surface area contributed by atoms with Gasteiger partial charge in [0.05, 0.1) is 12.8 Å². The maximum Gasteiger partial charge on any atom is 0.226 e. The third kappa shape index (κ3) is 4.97. The van der Waals surface area contributed by atoms with E-state index in [1.165, 1.54) is 11.3 Å². The second-order valence-corrected chi connectivity index (χ2v) is 7.77. The molecule has 0 bridgehead atoms. The number of nitrogens with zero attached hydrogens (tertiary/aromatic N) is 1. The lowest BCUT2D eigenvalue weighted by Crippen LogP contribution is -2.13. The molecule has 0 aliphatic rings. The van der Waals surface area contributed by atoms with Gasteiger partial charge in [-0.05, 0) is 43.3 Å². The van der Waals surface area contributed by atoms with E-state index in [4.69, 9.17) is 16.3 Å². The molecule has 28 heavy (non-hydrogen) atoms. The number of carbonyl (C=O) groups excluding carboxylic acids is 2. The smallest absolute Gasteiger partial charge is 0.226 e. The number of benzene rings is 2. The van der Waals surface area contributed by atoms with Gasteiger partial charge in [-0.25, -0.2) is 4.98 Å². The average molecular weight is 415 g/mol. The number of hydrogen-bond donors (Lipinski definition) is 1. The van der Waals surface area contributed by atoms with Crippen LogP contribution in [0.1, 0.15) is 28.1 Å². The van der Waals surface area contributed by atoms with E-state index in [9.17, 15) is 9.59 Å². The molecular formula is C21H19ClN2O3S. The fraction of sp³-hybridized carbons (Fsp3) is 0.190. The van der Waals surface area contributed by atoms with Crippen LogP contribution in [0.25, 0.3) is 11.3 Å². The van der Waals surface area contributed by atoms with Crippen LogP contribution < -0.4 is 10.1 Å². The van der Waals surface area contributed by atoms with E-state index < -0.39 is 0 Å². The third-order valence-corrected chi connectivity index (χ3v) is 5.29. The van der Waals surface area contributed by atoms with Crippen molar-refractivity contribution >= 4 is 39.8 Å². The number of anilines is 1. The molecule has 0 aliphatic heterocycles. The van der Waals surface area contributed by atoms with E-state index in [2.05, 4.69) is 10.3 Å². The van der Waals surface area contributed by atoms with Crippen molar-refractivity contribution in [1.82, 2.24) is 4.98 Å². The number of thiazole rings is 1. The molecule has 0 saturated carbocycles. The molecule has 7 heteroatoms. The lowest BCUT2D eigenvalue weighted by Gasteiger charge is -2.03. The van der Waals surface area contributed by atoms with Crippen LogP contribution in [0.4, 0.5) is 5.13 Å². The predicted molar refractivity (Wildman–Crippen MR) is 112 cm³/mol. The highest BCUT2D eigenvalue weighted by Crippen LogP contribution is 2.31. The number of methoxy groups -OCH3 is 1. The highest BCUT2D eigenvalue weighted by atomic mass is 35.5. The number of hydrogen-bond acceptors (Lipinski definition) is 5. The molecule has 144 valence electrons. The zero-order valence-electron chi connectivity index (χ0n) is 15.5. The number of halogens is 1. The Balaban J connectivity index is 1.58. The molecule has 1 aromatic heterocycles. The fourth-order valence-corrected chi connectivity index (χ4v) is 3.63. The number of amides is 1. The monoisotopic (exact) mass is 414 g/mol. The SMILES string of the molecule is COc1ccc(C(=O)CCC(=O)Nc2nc(-c3ccc(Cl)cc3)c(C)s2)cc1. The van der Waals surface area contributed by atoms with E-state index in [-0.39, 0.29) is 24.5 Å². The first-order valence-corrected chi connectivity index (χ1v) is 9.86. The molecule has 2 aromatic carbocycles. The van der Waals surface area contributed by atoms with Gasteiger partial charge in [0.2, 0.25) is 5.91 Å². The van der Waals surface area contributed by atoms with Gasteiger partial charge in [-0.2, -0.15) is 0 Å². The molecule has 0 radical (unpaired) electrons. The molecular weight excluding hydrogens is 396 g/mol. The molecule has 5 nitrogen and oxygen atoms in total. The summed E-state index contributed by atoms with van der Waals surface area (Å²) in [6, 6.07) is 14.2. The number of ether oxygens (including phenoxy) is 1. The maximum atomic E-state index is 12.2. The highest BCUT2D eigenvalue weighted by Gasteiger charge is 2.14. The number of carbonyl (C=O) groups is 2. The van der Waals surface area contributed by atoms with Gasteiger partial charge in [0, 0.05) is 33.9 Å². The van der Waals surface area contributed by atoms with Crippen molar-refractivity contribution in [3.05, 3.63) is 64.0 Å². The van der Waals surface area contributed by atoms with E-state index in [0.29, 0.717) is 21.5 Å². The number of aryl methyl sites for hydroxylation is 1. The van der Waals surface area contributed by atoms with Crippen molar-refractivity contribution in [2.24, 2.45) is 0 Å². The average Bonchev–Trinajstić information content (AvgIpc) is 3.06. The molecule has 1 heterocycles. The normalized spacial score (nSPS) is 10.5. The predicted octanol–water partition coefficient (Wildman–Crippen LogP) is 5.38. The summed E-state index contributed by atoms with van der Waals surface area (Å²) in [6.45, 7) is 1.95. The van der Waals surface area contributed by atoms with Gasteiger partial charge in [0.15, 0.2) is 10.9 Å². The summed E-state index contributed by atoms with van der Waals surface area (Å²) in [4.78, 5) is 29.9. The van der Waals surface area contributed by atoms with Gasteiger partial charge in [-0.15, -0.1) is 11.3 Å². The van der Waals surface area contributed by atoms with Crippen molar-refractivity contribution in [3.63, 3.8) is 0 Å². The first-order chi connectivity index (χ1) is 13.5. The van der Waals surface area contributed by atoms with Gasteiger partial charge >= 0.3 is 0 Å². The number of nitrogens with one attached hydrogen (secondary N) is 1. The van der Waals surface area contributed by atoms with Gasteiger partial charge < -0.3 is 10.1 Å². The molecule has 3 aromatic rings. The van der Waals surface area contributed by atoms with E-state index in [1.807, 2.05) is 19.1 Å². The third-order valence-electron chi connectivity index (χ3n) is 4.15. The largest absolute Gasteiger partial charge is 0.497 e. The van der Waals surface area contributed by atoms with Crippen molar-refractivity contribution in [2.75, 3.05) is 12.4 Å². The molecule has 3 rings (SSSR count). The van der Waals surface area contributed by atoms with Crippen LogP contribution in [0, 0.1) is 6.92 Å². The van der Waals surface area contributed by atoms with E-state index in [0.717, 1.165) is 16.1 Å². The molecule has 0 atom stereocenters. The lowest BCUT2D eigenvalue weighted by atomic mass is 10.1. The van der Waals surface area contributed by atoms with Crippen LogP contribution >= 0.6 is 22.9 Å². The zero-order valence-corrected chi connectivity index (χ0v) is 17.1. The van der Waals surface area contributed by atoms with Crippen molar-refractivity contribution < 1.29 is 14.3 Å². The van der Waals surface area contributed by atoms with Crippen LogP contribution in [0.5, 0.6) is 5.75 Å². The number of aromatic nitrogens is 1. The van der Waals surface area contributed by atoms with Crippen molar-refractivity contribution in [2.45, 2.75) is 19.8 Å². The van der Waals surface area contributed by atoms with Crippen LogP contribution in [-0.2, 0) is 4.79 Å². The van der Waals surface area contributed by atoms with Crippen molar-refractivity contribution in [3.8, 4) is 17.0 Å². The number of ketones is 1. The number of rotatable bonds is 7. The second-order valence-electron chi connectivity index (χ2n) is 6.13. The van der Waals surface area contributed by atoms with E-state index >= 15 is 0 Å². The minimum Gasteiger partial charge on any atom is -0.497 e. The first-order valence-electron chi connectivity index (χ1n) is 8.66. The topological polar surface area (TPSA) is 68.3 Å². The Kier molecular flexibility index (Phi) is 6.44. The number of Topliss-reactive ketones (excluding diaryl/α,β-unsaturated/α-hetero) is 1. The standard InChI is InChI=1S/C21H19ClN2O3S/c1-13-20(15-3-7-16(22)8-4-15)24-21(28-13)23-19(26)12-11-18(25)14-5-9-17(27-2)10-6-14/h3-10H,11-12H2,1-2H3,(H,23,24,26).